The number of hydrogen-bond donors (Lipinski definition) is 1. The molecule has 0 spiro atoms. The Kier molecular flexibility index (Phi) is 6.77. The number of aryl methyl sites for hydroxylation is 1. The standard InChI is InChI=1S/C17H19N5O3S2/c1-3-10-26-17-21-20-16(27-17)18-13(23)8-9-14-19-15(22-25-14)11-6-4-5-7-12(11)24-2/h4-7H,3,8-10H2,1-2H3,(H,18,20,23). The maximum Gasteiger partial charge on any atom is 0.227 e. The van der Waals surface area contributed by atoms with Crippen LogP contribution in [0.4, 0.5) is 5.13 Å². The number of anilines is 1. The molecular weight excluding hydrogens is 386 g/mol. The lowest BCUT2D eigenvalue weighted by molar-refractivity contribution is -0.116. The van der Waals surface area contributed by atoms with Crippen molar-refractivity contribution in [3.05, 3.63) is 30.2 Å². The van der Waals surface area contributed by atoms with Gasteiger partial charge in [-0.05, 0) is 18.6 Å². The molecule has 0 radical (unpaired) electrons. The maximum absolute atomic E-state index is 12.1. The van der Waals surface area contributed by atoms with Gasteiger partial charge in [0.25, 0.3) is 0 Å². The van der Waals surface area contributed by atoms with E-state index < -0.39 is 0 Å². The van der Waals surface area contributed by atoms with E-state index in [1.807, 2.05) is 24.3 Å². The number of para-hydroxylation sites is 1. The molecule has 0 atom stereocenters. The van der Waals surface area contributed by atoms with Crippen LogP contribution in [0, 0.1) is 0 Å². The van der Waals surface area contributed by atoms with Crippen molar-refractivity contribution in [2.75, 3.05) is 18.2 Å². The lowest BCUT2D eigenvalue weighted by Gasteiger charge is -2.03. The number of rotatable bonds is 9. The lowest BCUT2D eigenvalue weighted by atomic mass is 10.2. The molecule has 2 aromatic heterocycles. The van der Waals surface area contributed by atoms with E-state index in [-0.39, 0.29) is 12.3 Å². The van der Waals surface area contributed by atoms with Gasteiger partial charge in [-0.2, -0.15) is 4.98 Å². The second-order valence-corrected chi connectivity index (χ2v) is 7.80. The van der Waals surface area contributed by atoms with Gasteiger partial charge in [0.05, 0.1) is 12.7 Å². The monoisotopic (exact) mass is 405 g/mol. The number of methoxy groups -OCH3 is 1. The molecule has 0 bridgehead atoms. The minimum absolute atomic E-state index is 0.171. The number of benzene rings is 1. The Morgan fingerprint density at radius 1 is 1.33 bits per heavy atom. The van der Waals surface area contributed by atoms with E-state index >= 15 is 0 Å². The molecule has 1 aromatic carbocycles. The summed E-state index contributed by atoms with van der Waals surface area (Å²) in [5.74, 6) is 2.30. The van der Waals surface area contributed by atoms with E-state index in [4.69, 9.17) is 9.26 Å². The highest BCUT2D eigenvalue weighted by Gasteiger charge is 2.14. The number of carbonyl (C=O) groups is 1. The highest BCUT2D eigenvalue weighted by atomic mass is 32.2. The maximum atomic E-state index is 12.1. The summed E-state index contributed by atoms with van der Waals surface area (Å²) >= 11 is 3.00. The number of ether oxygens (including phenoxy) is 1. The smallest absolute Gasteiger partial charge is 0.227 e. The lowest BCUT2D eigenvalue weighted by Crippen LogP contribution is -2.12. The Bertz CT molecular complexity index is 896. The number of carbonyl (C=O) groups excluding carboxylic acids is 1. The fraction of sp³-hybridized carbons (Fsp3) is 0.353. The van der Waals surface area contributed by atoms with Crippen molar-refractivity contribution in [2.45, 2.75) is 30.5 Å². The number of hydrogen-bond acceptors (Lipinski definition) is 9. The molecule has 0 fully saturated rings. The van der Waals surface area contributed by atoms with Crippen molar-refractivity contribution in [1.82, 2.24) is 20.3 Å². The molecule has 0 unspecified atom stereocenters. The second-order valence-electron chi connectivity index (χ2n) is 5.48. The van der Waals surface area contributed by atoms with Crippen LogP contribution in [-0.2, 0) is 11.2 Å². The summed E-state index contributed by atoms with van der Waals surface area (Å²) in [5.41, 5.74) is 0.741. The van der Waals surface area contributed by atoms with E-state index in [1.165, 1.54) is 11.3 Å². The molecule has 27 heavy (non-hydrogen) atoms. The first-order valence-electron chi connectivity index (χ1n) is 8.41. The summed E-state index contributed by atoms with van der Waals surface area (Å²) in [7, 11) is 1.59. The first kappa shape index (κ1) is 19.3. The molecular formula is C17H19N5O3S2. The molecule has 0 aliphatic rings. The van der Waals surface area contributed by atoms with E-state index in [1.54, 1.807) is 18.9 Å². The molecule has 3 rings (SSSR count). The van der Waals surface area contributed by atoms with E-state index in [0.717, 1.165) is 22.1 Å². The Balaban J connectivity index is 1.54. The molecule has 0 saturated heterocycles. The van der Waals surface area contributed by atoms with Crippen molar-refractivity contribution in [1.29, 1.82) is 0 Å². The number of aromatic nitrogens is 4. The highest BCUT2D eigenvalue weighted by Crippen LogP contribution is 2.27. The summed E-state index contributed by atoms with van der Waals surface area (Å²) < 4.78 is 11.4. The van der Waals surface area contributed by atoms with Gasteiger partial charge in [0.2, 0.25) is 22.8 Å². The van der Waals surface area contributed by atoms with E-state index in [2.05, 4.69) is 32.6 Å². The van der Waals surface area contributed by atoms with E-state index in [0.29, 0.717) is 29.0 Å². The molecule has 0 aliphatic carbocycles. The molecule has 10 heteroatoms. The Labute approximate surface area is 164 Å². The third kappa shape index (κ3) is 5.27. The zero-order valence-corrected chi connectivity index (χ0v) is 16.6. The minimum atomic E-state index is -0.171. The van der Waals surface area contributed by atoms with Crippen LogP contribution in [-0.4, -0.2) is 39.1 Å². The van der Waals surface area contributed by atoms with Crippen LogP contribution in [0.2, 0.25) is 0 Å². The molecule has 1 N–H and O–H groups in total. The average Bonchev–Trinajstić information content (AvgIpc) is 3.34. The quantitative estimate of drug-likeness (QED) is 0.425. The van der Waals surface area contributed by atoms with Gasteiger partial charge >= 0.3 is 0 Å². The topological polar surface area (TPSA) is 103 Å². The summed E-state index contributed by atoms with van der Waals surface area (Å²) in [6, 6.07) is 7.42. The van der Waals surface area contributed by atoms with Crippen LogP contribution >= 0.6 is 23.1 Å². The zero-order valence-electron chi connectivity index (χ0n) is 15.0. The summed E-state index contributed by atoms with van der Waals surface area (Å²) in [6.07, 6.45) is 1.61. The predicted octanol–water partition coefficient (Wildman–Crippen LogP) is 3.67. The molecule has 0 aliphatic heterocycles. The third-order valence-corrected chi connectivity index (χ3v) is 5.64. The third-order valence-electron chi connectivity index (χ3n) is 3.46. The zero-order chi connectivity index (χ0) is 19.1. The number of nitrogens with zero attached hydrogens (tertiary/aromatic N) is 4. The van der Waals surface area contributed by atoms with Crippen molar-refractivity contribution >= 4 is 34.1 Å². The number of thioether (sulfide) groups is 1. The average molecular weight is 406 g/mol. The Hall–Kier alpha value is -2.46. The van der Waals surface area contributed by atoms with Gasteiger partial charge in [0.15, 0.2) is 4.34 Å². The van der Waals surface area contributed by atoms with Gasteiger partial charge in [-0.3, -0.25) is 4.79 Å². The SMILES string of the molecule is CCCSc1nnc(NC(=O)CCc2nc(-c3ccccc3OC)no2)s1. The van der Waals surface area contributed by atoms with Crippen molar-refractivity contribution < 1.29 is 14.1 Å². The number of amides is 1. The molecule has 1 amide bonds. The van der Waals surface area contributed by atoms with Gasteiger partial charge in [-0.1, -0.05) is 47.3 Å². The van der Waals surface area contributed by atoms with Crippen LogP contribution in [0.3, 0.4) is 0 Å². The molecule has 3 aromatic rings. The minimum Gasteiger partial charge on any atom is -0.496 e. The molecule has 142 valence electrons. The Morgan fingerprint density at radius 3 is 3.00 bits per heavy atom. The van der Waals surface area contributed by atoms with Gasteiger partial charge in [-0.15, -0.1) is 10.2 Å². The van der Waals surface area contributed by atoms with Crippen molar-refractivity contribution in [3.8, 4) is 17.1 Å². The van der Waals surface area contributed by atoms with Crippen molar-refractivity contribution in [3.63, 3.8) is 0 Å². The molecule has 0 saturated carbocycles. The Morgan fingerprint density at radius 2 is 2.19 bits per heavy atom. The first-order valence-corrected chi connectivity index (χ1v) is 10.2. The summed E-state index contributed by atoms with van der Waals surface area (Å²) in [6.45, 7) is 2.10. The largest absolute Gasteiger partial charge is 0.496 e. The normalized spacial score (nSPS) is 10.7. The van der Waals surface area contributed by atoms with Crippen LogP contribution in [0.25, 0.3) is 11.4 Å². The highest BCUT2D eigenvalue weighted by molar-refractivity contribution is 8.01. The van der Waals surface area contributed by atoms with Crippen LogP contribution in [0.5, 0.6) is 5.75 Å². The van der Waals surface area contributed by atoms with Gasteiger partial charge in [0, 0.05) is 18.6 Å². The van der Waals surface area contributed by atoms with Gasteiger partial charge in [0.1, 0.15) is 5.75 Å². The fourth-order valence-corrected chi connectivity index (χ4v) is 3.90. The molecule has 8 nitrogen and oxygen atoms in total. The number of nitrogens with one attached hydrogen (secondary N) is 1. The van der Waals surface area contributed by atoms with Crippen LogP contribution in [0.15, 0.2) is 33.1 Å². The van der Waals surface area contributed by atoms with Crippen molar-refractivity contribution in [2.24, 2.45) is 0 Å². The van der Waals surface area contributed by atoms with Crippen LogP contribution < -0.4 is 10.1 Å². The van der Waals surface area contributed by atoms with Crippen LogP contribution in [0.1, 0.15) is 25.7 Å². The summed E-state index contributed by atoms with van der Waals surface area (Å²) in [4.78, 5) is 16.4. The second kappa shape index (κ2) is 9.47. The summed E-state index contributed by atoms with van der Waals surface area (Å²) in [5, 5.41) is 15.2. The van der Waals surface area contributed by atoms with E-state index in [9.17, 15) is 4.79 Å². The van der Waals surface area contributed by atoms with Gasteiger partial charge in [-0.25, -0.2) is 0 Å². The molecule has 2 heterocycles. The van der Waals surface area contributed by atoms with Gasteiger partial charge < -0.3 is 14.6 Å². The first-order chi connectivity index (χ1) is 13.2. The predicted molar refractivity (Wildman–Crippen MR) is 104 cm³/mol. The fourth-order valence-electron chi connectivity index (χ4n) is 2.21.